The maximum absolute atomic E-state index is 13.5. The van der Waals surface area contributed by atoms with Gasteiger partial charge in [0.2, 0.25) is 0 Å². The highest BCUT2D eigenvalue weighted by molar-refractivity contribution is 7.09. The summed E-state index contributed by atoms with van der Waals surface area (Å²) in [7, 11) is 1.49. The van der Waals surface area contributed by atoms with E-state index < -0.39 is 5.82 Å². The lowest BCUT2D eigenvalue weighted by atomic mass is 10.1. The van der Waals surface area contributed by atoms with Crippen molar-refractivity contribution in [1.29, 1.82) is 0 Å². The summed E-state index contributed by atoms with van der Waals surface area (Å²) in [4.78, 5) is 18.0. The van der Waals surface area contributed by atoms with Crippen LogP contribution in [0.25, 0.3) is 0 Å². The van der Waals surface area contributed by atoms with Crippen molar-refractivity contribution in [2.24, 2.45) is 0 Å². The predicted molar refractivity (Wildman–Crippen MR) is 88.5 cm³/mol. The third-order valence-corrected chi connectivity index (χ3v) is 4.87. The van der Waals surface area contributed by atoms with Gasteiger partial charge in [-0.1, -0.05) is 6.07 Å². The molecule has 0 N–H and O–H groups in total. The maximum atomic E-state index is 13.5. The van der Waals surface area contributed by atoms with Crippen LogP contribution in [0.3, 0.4) is 0 Å². The van der Waals surface area contributed by atoms with Crippen LogP contribution in [0.4, 0.5) is 4.39 Å². The lowest BCUT2D eigenvalue weighted by molar-refractivity contribution is 0.0626. The van der Waals surface area contributed by atoms with E-state index >= 15 is 0 Å². The molecule has 1 aromatic heterocycles. The molecule has 0 atom stereocenters. The minimum Gasteiger partial charge on any atom is -0.496 e. The van der Waals surface area contributed by atoms with Gasteiger partial charge < -0.3 is 9.64 Å². The smallest absolute Gasteiger partial charge is 0.257 e. The van der Waals surface area contributed by atoms with Gasteiger partial charge in [0.15, 0.2) is 0 Å². The van der Waals surface area contributed by atoms with Crippen LogP contribution in [0, 0.1) is 5.82 Å². The number of benzene rings is 1. The van der Waals surface area contributed by atoms with Crippen molar-refractivity contribution in [2.45, 2.75) is 6.54 Å². The Labute approximate surface area is 139 Å². The molecule has 2 aromatic rings. The summed E-state index contributed by atoms with van der Waals surface area (Å²) in [6, 6.07) is 8.22. The Morgan fingerprint density at radius 3 is 2.70 bits per heavy atom. The van der Waals surface area contributed by atoms with E-state index in [1.807, 2.05) is 0 Å². The molecule has 122 valence electrons. The number of ether oxygens (including phenoxy) is 1. The maximum Gasteiger partial charge on any atom is 0.257 e. The van der Waals surface area contributed by atoms with Crippen LogP contribution in [-0.2, 0) is 6.54 Å². The Kier molecular flexibility index (Phi) is 4.93. The number of thiophene rings is 1. The van der Waals surface area contributed by atoms with E-state index in [1.54, 1.807) is 16.2 Å². The summed E-state index contributed by atoms with van der Waals surface area (Å²) in [5.41, 5.74) is 0.291. The number of nitrogens with zero attached hydrogens (tertiary/aromatic N) is 2. The number of rotatable bonds is 4. The second kappa shape index (κ2) is 7.10. The lowest BCUT2D eigenvalue weighted by Gasteiger charge is -2.34. The Hall–Kier alpha value is -1.92. The fraction of sp³-hybridized carbons (Fsp3) is 0.353. The number of hydrogen-bond acceptors (Lipinski definition) is 4. The van der Waals surface area contributed by atoms with Crippen molar-refractivity contribution in [3.8, 4) is 5.75 Å². The first-order valence-corrected chi connectivity index (χ1v) is 8.43. The fourth-order valence-corrected chi connectivity index (χ4v) is 3.50. The number of halogens is 1. The lowest BCUT2D eigenvalue weighted by Crippen LogP contribution is -2.48. The number of amides is 1. The fourth-order valence-electron chi connectivity index (χ4n) is 2.75. The van der Waals surface area contributed by atoms with Gasteiger partial charge in [0.05, 0.1) is 12.7 Å². The van der Waals surface area contributed by atoms with Crippen molar-refractivity contribution in [3.63, 3.8) is 0 Å². The molecule has 1 fully saturated rings. The number of hydrogen-bond donors (Lipinski definition) is 0. The van der Waals surface area contributed by atoms with Gasteiger partial charge in [-0.05, 0) is 29.6 Å². The Morgan fingerprint density at radius 1 is 1.26 bits per heavy atom. The normalized spacial score (nSPS) is 15.7. The van der Waals surface area contributed by atoms with Crippen molar-refractivity contribution >= 4 is 17.2 Å². The molecule has 1 saturated heterocycles. The van der Waals surface area contributed by atoms with Gasteiger partial charge in [0, 0.05) is 37.6 Å². The molecule has 1 amide bonds. The number of piperazine rings is 1. The Bertz CT molecular complexity index is 667. The Morgan fingerprint density at radius 2 is 2.04 bits per heavy atom. The summed E-state index contributed by atoms with van der Waals surface area (Å²) >= 11 is 1.75. The van der Waals surface area contributed by atoms with Crippen molar-refractivity contribution in [1.82, 2.24) is 9.80 Å². The topological polar surface area (TPSA) is 32.8 Å². The first-order valence-electron chi connectivity index (χ1n) is 7.55. The molecule has 0 radical (unpaired) electrons. The highest BCUT2D eigenvalue weighted by atomic mass is 32.1. The highest BCUT2D eigenvalue weighted by Crippen LogP contribution is 2.22. The van der Waals surface area contributed by atoms with E-state index in [4.69, 9.17) is 4.74 Å². The molecular weight excluding hydrogens is 315 g/mol. The highest BCUT2D eigenvalue weighted by Gasteiger charge is 2.24. The molecule has 0 aliphatic carbocycles. The molecule has 1 aliphatic heterocycles. The van der Waals surface area contributed by atoms with Crippen molar-refractivity contribution in [3.05, 3.63) is 52.0 Å². The molecule has 0 unspecified atom stereocenters. The second-order valence-corrected chi connectivity index (χ2v) is 6.52. The second-order valence-electron chi connectivity index (χ2n) is 5.49. The summed E-state index contributed by atoms with van der Waals surface area (Å²) in [5.74, 6) is -0.181. The van der Waals surface area contributed by atoms with E-state index in [-0.39, 0.29) is 5.91 Å². The van der Waals surface area contributed by atoms with Crippen LogP contribution in [0.1, 0.15) is 15.2 Å². The van der Waals surface area contributed by atoms with Crippen LogP contribution in [0.5, 0.6) is 5.75 Å². The minimum absolute atomic E-state index is 0.169. The first-order chi connectivity index (χ1) is 11.2. The molecule has 4 nitrogen and oxygen atoms in total. The molecule has 1 aliphatic rings. The predicted octanol–water partition coefficient (Wildman–Crippen LogP) is 2.85. The van der Waals surface area contributed by atoms with Crippen LogP contribution in [-0.4, -0.2) is 49.0 Å². The molecular formula is C17H19FN2O2S. The molecule has 3 rings (SSSR count). The van der Waals surface area contributed by atoms with Crippen LogP contribution in [0.15, 0.2) is 35.7 Å². The van der Waals surface area contributed by atoms with Crippen LogP contribution in [0.2, 0.25) is 0 Å². The monoisotopic (exact) mass is 334 g/mol. The third-order valence-electron chi connectivity index (χ3n) is 4.01. The number of methoxy groups -OCH3 is 1. The quantitative estimate of drug-likeness (QED) is 0.862. The minimum atomic E-state index is -0.425. The van der Waals surface area contributed by atoms with Crippen LogP contribution < -0.4 is 4.74 Å². The number of carbonyl (C=O) groups is 1. The average molecular weight is 334 g/mol. The average Bonchev–Trinajstić information content (AvgIpc) is 3.08. The van der Waals surface area contributed by atoms with Crippen LogP contribution >= 0.6 is 11.3 Å². The summed E-state index contributed by atoms with van der Waals surface area (Å²) < 4.78 is 18.6. The SMILES string of the molecule is COc1ccc(F)cc1C(=O)N1CCN(Cc2cccs2)CC1. The molecule has 2 heterocycles. The molecule has 0 saturated carbocycles. The van der Waals surface area contributed by atoms with E-state index in [0.717, 1.165) is 19.6 Å². The van der Waals surface area contributed by atoms with Crippen molar-refractivity contribution < 1.29 is 13.9 Å². The zero-order valence-corrected chi connectivity index (χ0v) is 13.8. The summed E-state index contributed by atoms with van der Waals surface area (Å²) in [6.45, 7) is 3.85. The third kappa shape index (κ3) is 3.71. The molecule has 0 spiro atoms. The van der Waals surface area contributed by atoms with Gasteiger partial charge in [-0.3, -0.25) is 9.69 Å². The zero-order chi connectivity index (χ0) is 16.2. The molecule has 6 heteroatoms. The summed E-state index contributed by atoms with van der Waals surface area (Å²) in [5, 5.41) is 2.07. The Balaban J connectivity index is 1.63. The largest absolute Gasteiger partial charge is 0.496 e. The van der Waals surface area contributed by atoms with E-state index in [2.05, 4.69) is 22.4 Å². The number of carbonyl (C=O) groups excluding carboxylic acids is 1. The van der Waals surface area contributed by atoms with Gasteiger partial charge in [0.25, 0.3) is 5.91 Å². The molecule has 0 bridgehead atoms. The van der Waals surface area contributed by atoms with Gasteiger partial charge >= 0.3 is 0 Å². The van der Waals surface area contributed by atoms with Gasteiger partial charge in [-0.15, -0.1) is 11.3 Å². The zero-order valence-electron chi connectivity index (χ0n) is 13.0. The first kappa shape index (κ1) is 16.0. The molecule has 23 heavy (non-hydrogen) atoms. The molecule has 1 aromatic carbocycles. The van der Waals surface area contributed by atoms with E-state index in [1.165, 1.54) is 30.2 Å². The van der Waals surface area contributed by atoms with Gasteiger partial charge in [-0.25, -0.2) is 4.39 Å². The summed E-state index contributed by atoms with van der Waals surface area (Å²) in [6.07, 6.45) is 0. The van der Waals surface area contributed by atoms with Gasteiger partial charge in [-0.2, -0.15) is 0 Å². The van der Waals surface area contributed by atoms with E-state index in [9.17, 15) is 9.18 Å². The van der Waals surface area contributed by atoms with Gasteiger partial charge in [0.1, 0.15) is 11.6 Å². The standard InChI is InChI=1S/C17H19FN2O2S/c1-22-16-5-4-13(18)11-15(16)17(21)20-8-6-19(7-9-20)12-14-3-2-10-23-14/h2-5,10-11H,6-9,12H2,1H3. The van der Waals surface area contributed by atoms with E-state index in [0.29, 0.717) is 24.4 Å². The van der Waals surface area contributed by atoms with Crippen molar-refractivity contribution in [2.75, 3.05) is 33.3 Å².